The Kier molecular flexibility index (Phi) is 3.39. The van der Waals surface area contributed by atoms with Crippen molar-refractivity contribution in [3.8, 4) is 0 Å². The van der Waals surface area contributed by atoms with Crippen LogP contribution >= 0.6 is 0 Å². The summed E-state index contributed by atoms with van der Waals surface area (Å²) >= 11 is 0. The zero-order chi connectivity index (χ0) is 10.7. The number of rotatable bonds is 4. The number of hydrogen-bond acceptors (Lipinski definition) is 2. The van der Waals surface area contributed by atoms with Crippen molar-refractivity contribution in [2.24, 2.45) is 0 Å². The number of aliphatic hydroxyl groups is 1. The standard InChI is InChI=1S/C13H19NO/c1-2-3-8-14-13-11-7-5-4-6-10(11)9-12(13)15/h4-7,12-15H,2-3,8-9H2,1H3. The molecule has 0 saturated heterocycles. The maximum absolute atomic E-state index is 9.95. The number of nitrogens with one attached hydrogen (secondary N) is 1. The van der Waals surface area contributed by atoms with Crippen LogP contribution in [0, 0.1) is 0 Å². The van der Waals surface area contributed by atoms with Gasteiger partial charge in [0.1, 0.15) is 0 Å². The molecule has 0 aromatic heterocycles. The van der Waals surface area contributed by atoms with Gasteiger partial charge in [-0.1, -0.05) is 37.6 Å². The van der Waals surface area contributed by atoms with Crippen molar-refractivity contribution in [1.29, 1.82) is 0 Å². The Morgan fingerprint density at radius 3 is 3.00 bits per heavy atom. The second-order valence-corrected chi connectivity index (χ2v) is 4.26. The number of fused-ring (bicyclic) bond motifs is 1. The van der Waals surface area contributed by atoms with Crippen molar-refractivity contribution < 1.29 is 5.11 Å². The molecule has 0 spiro atoms. The lowest BCUT2D eigenvalue weighted by molar-refractivity contribution is 0.141. The third kappa shape index (κ3) is 2.21. The zero-order valence-electron chi connectivity index (χ0n) is 9.24. The largest absolute Gasteiger partial charge is 0.391 e. The molecule has 0 heterocycles. The topological polar surface area (TPSA) is 32.3 Å². The lowest BCUT2D eigenvalue weighted by Gasteiger charge is -2.17. The fourth-order valence-corrected chi connectivity index (χ4v) is 2.25. The van der Waals surface area contributed by atoms with Crippen molar-refractivity contribution in [3.05, 3.63) is 35.4 Å². The average molecular weight is 205 g/mol. The number of benzene rings is 1. The first-order chi connectivity index (χ1) is 7.33. The van der Waals surface area contributed by atoms with Gasteiger partial charge in [0.2, 0.25) is 0 Å². The van der Waals surface area contributed by atoms with E-state index in [4.69, 9.17) is 0 Å². The maximum Gasteiger partial charge on any atom is 0.0775 e. The van der Waals surface area contributed by atoms with Gasteiger partial charge < -0.3 is 10.4 Å². The third-order valence-electron chi connectivity index (χ3n) is 3.10. The molecule has 2 atom stereocenters. The van der Waals surface area contributed by atoms with E-state index in [1.807, 2.05) is 12.1 Å². The summed E-state index contributed by atoms with van der Waals surface area (Å²) in [5, 5.41) is 13.4. The molecule has 0 fully saturated rings. The molecule has 1 aromatic carbocycles. The molecule has 2 nitrogen and oxygen atoms in total. The summed E-state index contributed by atoms with van der Waals surface area (Å²) in [4.78, 5) is 0. The first-order valence-corrected chi connectivity index (χ1v) is 5.82. The molecule has 2 unspecified atom stereocenters. The van der Waals surface area contributed by atoms with Gasteiger partial charge in [0.05, 0.1) is 12.1 Å². The minimum Gasteiger partial charge on any atom is -0.391 e. The van der Waals surface area contributed by atoms with Crippen molar-refractivity contribution in [3.63, 3.8) is 0 Å². The Balaban J connectivity index is 2.05. The van der Waals surface area contributed by atoms with Crippen molar-refractivity contribution in [2.75, 3.05) is 6.54 Å². The lowest BCUT2D eigenvalue weighted by atomic mass is 10.1. The normalized spacial score (nSPS) is 24.1. The van der Waals surface area contributed by atoms with E-state index < -0.39 is 0 Å². The molecule has 0 amide bonds. The highest BCUT2D eigenvalue weighted by molar-refractivity contribution is 5.36. The highest BCUT2D eigenvalue weighted by Gasteiger charge is 2.29. The van der Waals surface area contributed by atoms with Crippen LogP contribution in [-0.4, -0.2) is 17.8 Å². The van der Waals surface area contributed by atoms with Gasteiger partial charge >= 0.3 is 0 Å². The Labute approximate surface area is 91.3 Å². The molecule has 0 radical (unpaired) electrons. The van der Waals surface area contributed by atoms with Crippen LogP contribution in [0.2, 0.25) is 0 Å². The van der Waals surface area contributed by atoms with Gasteiger partial charge in [0.25, 0.3) is 0 Å². The molecule has 15 heavy (non-hydrogen) atoms. The van der Waals surface area contributed by atoms with Gasteiger partial charge in [-0.15, -0.1) is 0 Å². The molecule has 2 heteroatoms. The summed E-state index contributed by atoms with van der Waals surface area (Å²) in [5.74, 6) is 0. The van der Waals surface area contributed by atoms with E-state index >= 15 is 0 Å². The predicted octanol–water partition coefficient (Wildman–Crippen LogP) is 2.03. The van der Waals surface area contributed by atoms with Crippen LogP contribution in [0.3, 0.4) is 0 Å². The number of unbranched alkanes of at least 4 members (excludes halogenated alkanes) is 1. The molecule has 0 bridgehead atoms. The summed E-state index contributed by atoms with van der Waals surface area (Å²) < 4.78 is 0. The van der Waals surface area contributed by atoms with Crippen LogP contribution in [0.25, 0.3) is 0 Å². The molecule has 1 aliphatic rings. The van der Waals surface area contributed by atoms with E-state index in [0.717, 1.165) is 13.0 Å². The Morgan fingerprint density at radius 1 is 1.40 bits per heavy atom. The molecular formula is C13H19NO. The summed E-state index contributed by atoms with van der Waals surface area (Å²) in [7, 11) is 0. The average Bonchev–Trinajstić information content (AvgIpc) is 2.56. The lowest BCUT2D eigenvalue weighted by Crippen LogP contribution is -2.29. The quantitative estimate of drug-likeness (QED) is 0.737. The van der Waals surface area contributed by atoms with Crippen LogP contribution < -0.4 is 5.32 Å². The van der Waals surface area contributed by atoms with E-state index in [1.165, 1.54) is 24.0 Å². The Morgan fingerprint density at radius 2 is 2.20 bits per heavy atom. The SMILES string of the molecule is CCCCNC1c2ccccc2CC1O. The van der Waals surface area contributed by atoms with E-state index in [2.05, 4.69) is 24.4 Å². The van der Waals surface area contributed by atoms with Crippen molar-refractivity contribution in [2.45, 2.75) is 38.3 Å². The molecule has 1 aliphatic carbocycles. The van der Waals surface area contributed by atoms with Crippen molar-refractivity contribution >= 4 is 0 Å². The highest BCUT2D eigenvalue weighted by atomic mass is 16.3. The summed E-state index contributed by atoms with van der Waals surface area (Å²) in [6.07, 6.45) is 2.90. The fraction of sp³-hybridized carbons (Fsp3) is 0.538. The van der Waals surface area contributed by atoms with Crippen LogP contribution in [0.4, 0.5) is 0 Å². The van der Waals surface area contributed by atoms with E-state index in [9.17, 15) is 5.11 Å². The van der Waals surface area contributed by atoms with Gasteiger partial charge in [-0.05, 0) is 24.1 Å². The zero-order valence-corrected chi connectivity index (χ0v) is 9.24. The summed E-state index contributed by atoms with van der Waals surface area (Å²) in [5.41, 5.74) is 2.57. The van der Waals surface area contributed by atoms with Crippen molar-refractivity contribution in [1.82, 2.24) is 5.32 Å². The predicted molar refractivity (Wildman–Crippen MR) is 61.8 cm³/mol. The molecule has 2 rings (SSSR count). The molecule has 0 aliphatic heterocycles. The van der Waals surface area contributed by atoms with Gasteiger partial charge in [-0.3, -0.25) is 0 Å². The van der Waals surface area contributed by atoms with Gasteiger partial charge in [-0.2, -0.15) is 0 Å². The van der Waals surface area contributed by atoms with Crippen LogP contribution in [-0.2, 0) is 6.42 Å². The Hall–Kier alpha value is -0.860. The van der Waals surface area contributed by atoms with Gasteiger partial charge in [-0.25, -0.2) is 0 Å². The fourth-order valence-electron chi connectivity index (χ4n) is 2.25. The molecule has 2 N–H and O–H groups in total. The first-order valence-electron chi connectivity index (χ1n) is 5.82. The second-order valence-electron chi connectivity index (χ2n) is 4.26. The van der Waals surface area contributed by atoms with E-state index in [0.29, 0.717) is 0 Å². The van der Waals surface area contributed by atoms with E-state index in [1.54, 1.807) is 0 Å². The smallest absolute Gasteiger partial charge is 0.0775 e. The van der Waals surface area contributed by atoms with Crippen LogP contribution in [0.1, 0.15) is 36.9 Å². The molecule has 82 valence electrons. The number of aliphatic hydroxyl groups excluding tert-OH is 1. The van der Waals surface area contributed by atoms with Gasteiger partial charge in [0, 0.05) is 6.42 Å². The summed E-state index contributed by atoms with van der Waals surface area (Å²) in [6, 6.07) is 8.47. The highest BCUT2D eigenvalue weighted by Crippen LogP contribution is 2.30. The molecule has 1 aromatic rings. The third-order valence-corrected chi connectivity index (χ3v) is 3.10. The number of hydrogen-bond donors (Lipinski definition) is 2. The second kappa shape index (κ2) is 4.77. The Bertz CT molecular complexity index is 324. The van der Waals surface area contributed by atoms with Crippen LogP contribution in [0.5, 0.6) is 0 Å². The molecular weight excluding hydrogens is 186 g/mol. The van der Waals surface area contributed by atoms with E-state index in [-0.39, 0.29) is 12.1 Å². The first kappa shape index (κ1) is 10.7. The minimum atomic E-state index is -0.251. The summed E-state index contributed by atoms with van der Waals surface area (Å²) in [6.45, 7) is 3.17. The van der Waals surface area contributed by atoms with Crippen LogP contribution in [0.15, 0.2) is 24.3 Å². The molecule has 0 saturated carbocycles. The monoisotopic (exact) mass is 205 g/mol. The van der Waals surface area contributed by atoms with Gasteiger partial charge in [0.15, 0.2) is 0 Å². The minimum absolute atomic E-state index is 0.146. The maximum atomic E-state index is 9.95.